The molecule has 0 N–H and O–H groups in total. The molecule has 162 valence electrons. The summed E-state index contributed by atoms with van der Waals surface area (Å²) in [6, 6.07) is 15.2. The molecule has 0 saturated carbocycles. The van der Waals surface area contributed by atoms with Crippen LogP contribution < -0.4 is 0 Å². The number of aromatic nitrogens is 3. The minimum atomic E-state index is 0.0281. The van der Waals surface area contributed by atoms with Crippen LogP contribution in [-0.2, 0) is 0 Å². The Bertz CT molecular complexity index is 1290. The van der Waals surface area contributed by atoms with Crippen LogP contribution in [0.2, 0.25) is 10.0 Å². The molecule has 2 aromatic heterocycles. The van der Waals surface area contributed by atoms with Gasteiger partial charge < -0.3 is 4.90 Å². The van der Waals surface area contributed by atoms with Gasteiger partial charge in [-0.05, 0) is 50.5 Å². The highest BCUT2D eigenvalue weighted by atomic mass is 35.5. The lowest BCUT2D eigenvalue weighted by atomic mass is 10.0. The Kier molecular flexibility index (Phi) is 5.62. The number of aryl methyl sites for hydroxylation is 1. The van der Waals surface area contributed by atoms with Crippen LogP contribution in [0.1, 0.15) is 35.3 Å². The molecule has 1 aliphatic rings. The van der Waals surface area contributed by atoms with Gasteiger partial charge >= 0.3 is 0 Å². The average Bonchev–Trinajstić information content (AvgIpc) is 3.17. The van der Waals surface area contributed by atoms with Crippen molar-refractivity contribution in [2.75, 3.05) is 13.1 Å². The van der Waals surface area contributed by atoms with Gasteiger partial charge in [-0.2, -0.15) is 0 Å². The Labute approximate surface area is 196 Å². The minimum Gasteiger partial charge on any atom is -0.339 e. The van der Waals surface area contributed by atoms with Crippen LogP contribution in [0, 0.1) is 6.92 Å². The van der Waals surface area contributed by atoms with Crippen molar-refractivity contribution >= 4 is 34.9 Å². The molecular formula is C25H22Cl2N4O. The number of carbonyl (C=O) groups is 1. The predicted octanol–water partition coefficient (Wildman–Crippen LogP) is 6.30. The van der Waals surface area contributed by atoms with Gasteiger partial charge in [-0.25, -0.2) is 9.97 Å². The maximum atomic E-state index is 13.3. The summed E-state index contributed by atoms with van der Waals surface area (Å²) < 4.78 is 1.91. The van der Waals surface area contributed by atoms with Crippen molar-refractivity contribution in [1.82, 2.24) is 19.3 Å². The molecule has 0 aliphatic carbocycles. The number of rotatable bonds is 3. The highest BCUT2D eigenvalue weighted by Gasteiger charge is 2.24. The van der Waals surface area contributed by atoms with Crippen LogP contribution in [0.15, 0.2) is 54.7 Å². The van der Waals surface area contributed by atoms with E-state index in [-0.39, 0.29) is 5.91 Å². The van der Waals surface area contributed by atoms with Gasteiger partial charge in [-0.3, -0.25) is 9.20 Å². The van der Waals surface area contributed by atoms with E-state index in [4.69, 9.17) is 33.2 Å². The molecule has 2 aromatic carbocycles. The SMILES string of the molecule is Cc1nc2nc(-c3ccc(Cl)cc3)c(-c3ccc(Cl)cc3)n2cc1C(=O)N1CCCCC1. The van der Waals surface area contributed by atoms with Crippen molar-refractivity contribution in [3.8, 4) is 22.5 Å². The second kappa shape index (κ2) is 8.57. The maximum absolute atomic E-state index is 13.3. The first-order valence-corrected chi connectivity index (χ1v) is 11.5. The van der Waals surface area contributed by atoms with Crippen molar-refractivity contribution in [3.05, 3.63) is 76.0 Å². The van der Waals surface area contributed by atoms with E-state index in [0.29, 0.717) is 27.1 Å². The third kappa shape index (κ3) is 3.87. The third-order valence-electron chi connectivity index (χ3n) is 5.92. The van der Waals surface area contributed by atoms with Gasteiger partial charge in [0.2, 0.25) is 5.78 Å². The van der Waals surface area contributed by atoms with Crippen LogP contribution >= 0.6 is 23.2 Å². The maximum Gasteiger partial charge on any atom is 0.257 e. The van der Waals surface area contributed by atoms with Crippen LogP contribution in [0.4, 0.5) is 0 Å². The van der Waals surface area contributed by atoms with Crippen molar-refractivity contribution in [1.29, 1.82) is 0 Å². The van der Waals surface area contributed by atoms with Crippen molar-refractivity contribution < 1.29 is 4.79 Å². The number of piperidine rings is 1. The number of likely N-dealkylation sites (tertiary alicyclic amines) is 1. The Morgan fingerprint density at radius 2 is 1.44 bits per heavy atom. The summed E-state index contributed by atoms with van der Waals surface area (Å²) in [5.41, 5.74) is 4.79. The van der Waals surface area contributed by atoms with Gasteiger partial charge in [-0.15, -0.1) is 0 Å². The lowest BCUT2D eigenvalue weighted by Gasteiger charge is -2.27. The summed E-state index contributed by atoms with van der Waals surface area (Å²) in [5, 5.41) is 1.32. The zero-order chi connectivity index (χ0) is 22.2. The number of halogens is 2. The number of hydrogen-bond acceptors (Lipinski definition) is 3. The van der Waals surface area contributed by atoms with Gasteiger partial charge in [0.15, 0.2) is 0 Å². The summed E-state index contributed by atoms with van der Waals surface area (Å²) in [4.78, 5) is 24.8. The molecule has 7 heteroatoms. The second-order valence-corrected chi connectivity index (χ2v) is 8.96. The lowest BCUT2D eigenvalue weighted by molar-refractivity contribution is 0.0722. The molecule has 1 saturated heterocycles. The van der Waals surface area contributed by atoms with E-state index in [2.05, 4.69) is 0 Å². The van der Waals surface area contributed by atoms with Gasteiger partial charge in [-0.1, -0.05) is 47.5 Å². The first kappa shape index (κ1) is 21.0. The number of hydrogen-bond donors (Lipinski definition) is 0. The van der Waals surface area contributed by atoms with Crippen LogP contribution in [0.3, 0.4) is 0 Å². The normalized spacial score (nSPS) is 14.2. The van der Waals surface area contributed by atoms with Crippen molar-refractivity contribution in [2.24, 2.45) is 0 Å². The lowest BCUT2D eigenvalue weighted by Crippen LogP contribution is -2.36. The molecule has 1 amide bonds. The average molecular weight is 465 g/mol. The molecule has 0 spiro atoms. The monoisotopic (exact) mass is 464 g/mol. The first-order chi connectivity index (χ1) is 15.5. The molecule has 32 heavy (non-hydrogen) atoms. The van der Waals surface area contributed by atoms with E-state index in [1.165, 1.54) is 6.42 Å². The topological polar surface area (TPSA) is 50.5 Å². The largest absolute Gasteiger partial charge is 0.339 e. The fourth-order valence-corrected chi connectivity index (χ4v) is 4.48. The van der Waals surface area contributed by atoms with Gasteiger partial charge in [0, 0.05) is 40.5 Å². The smallest absolute Gasteiger partial charge is 0.257 e. The highest BCUT2D eigenvalue weighted by Crippen LogP contribution is 2.34. The molecule has 0 atom stereocenters. The molecule has 1 aliphatic heterocycles. The van der Waals surface area contributed by atoms with Crippen molar-refractivity contribution in [2.45, 2.75) is 26.2 Å². The number of benzene rings is 2. The summed E-state index contributed by atoms with van der Waals surface area (Å²) in [6.07, 6.45) is 5.14. The summed E-state index contributed by atoms with van der Waals surface area (Å²) in [6.45, 7) is 3.45. The zero-order valence-corrected chi connectivity index (χ0v) is 19.2. The quantitative estimate of drug-likeness (QED) is 0.357. The number of fused-ring (bicyclic) bond motifs is 1. The van der Waals surface area contributed by atoms with E-state index in [1.807, 2.05) is 71.0 Å². The molecule has 5 nitrogen and oxygen atoms in total. The van der Waals surface area contributed by atoms with E-state index in [1.54, 1.807) is 0 Å². The summed E-state index contributed by atoms with van der Waals surface area (Å²) >= 11 is 12.2. The van der Waals surface area contributed by atoms with E-state index < -0.39 is 0 Å². The second-order valence-electron chi connectivity index (χ2n) is 8.09. The Morgan fingerprint density at radius 3 is 2.06 bits per heavy atom. The van der Waals surface area contributed by atoms with Crippen LogP contribution in [0.25, 0.3) is 28.3 Å². The van der Waals surface area contributed by atoms with Gasteiger partial charge in [0.1, 0.15) is 0 Å². The molecule has 5 rings (SSSR count). The third-order valence-corrected chi connectivity index (χ3v) is 6.42. The Hall–Kier alpha value is -2.89. The summed E-state index contributed by atoms with van der Waals surface area (Å²) in [7, 11) is 0. The fourth-order valence-electron chi connectivity index (χ4n) is 4.22. The Morgan fingerprint density at radius 1 is 0.844 bits per heavy atom. The van der Waals surface area contributed by atoms with E-state index >= 15 is 0 Å². The molecule has 0 bridgehead atoms. The van der Waals surface area contributed by atoms with Gasteiger partial charge in [0.25, 0.3) is 5.91 Å². The molecular weight excluding hydrogens is 443 g/mol. The summed E-state index contributed by atoms with van der Waals surface area (Å²) in [5.74, 6) is 0.577. The van der Waals surface area contributed by atoms with Crippen LogP contribution in [0.5, 0.6) is 0 Å². The molecule has 0 unspecified atom stereocenters. The molecule has 4 aromatic rings. The minimum absolute atomic E-state index is 0.0281. The number of nitrogens with zero attached hydrogens (tertiary/aromatic N) is 4. The first-order valence-electron chi connectivity index (χ1n) is 10.7. The number of carbonyl (C=O) groups excluding carboxylic acids is 1. The van der Waals surface area contributed by atoms with Gasteiger partial charge in [0.05, 0.1) is 22.6 Å². The molecule has 1 fully saturated rings. The van der Waals surface area contributed by atoms with E-state index in [9.17, 15) is 4.79 Å². The fraction of sp³-hybridized carbons (Fsp3) is 0.240. The molecule has 0 radical (unpaired) electrons. The van der Waals surface area contributed by atoms with Crippen molar-refractivity contribution in [3.63, 3.8) is 0 Å². The number of amides is 1. The highest BCUT2D eigenvalue weighted by molar-refractivity contribution is 6.31. The predicted molar refractivity (Wildman–Crippen MR) is 128 cm³/mol. The number of imidazole rings is 1. The Balaban J connectivity index is 1.71. The zero-order valence-electron chi connectivity index (χ0n) is 17.7. The van der Waals surface area contributed by atoms with Crippen LogP contribution in [-0.4, -0.2) is 38.3 Å². The standard InChI is InChI=1S/C25H22Cl2N4O/c1-16-21(24(32)30-13-3-2-4-14-30)15-31-23(18-7-11-20(27)12-8-18)22(29-25(31)28-16)17-5-9-19(26)10-6-17/h5-12,15H,2-4,13-14H2,1H3. The van der Waals surface area contributed by atoms with E-state index in [0.717, 1.165) is 48.4 Å². The molecule has 3 heterocycles.